The molecule has 6 nitrogen and oxygen atoms in total. The summed E-state index contributed by atoms with van der Waals surface area (Å²) in [6, 6.07) is 11.8. The SMILES string of the molecule is C=C(C)C1NC(=O)CC(c2cccc(Cl)c2)C12C(=O)N(C(=O)OC(C)(C)C)c1cc(Br)ccc12. The molecule has 0 aromatic heterocycles. The van der Waals surface area contributed by atoms with Gasteiger partial charge in [-0.3, -0.25) is 9.59 Å². The molecule has 0 bridgehead atoms. The molecule has 1 fully saturated rings. The fourth-order valence-corrected chi connectivity index (χ4v) is 5.60. The van der Waals surface area contributed by atoms with E-state index in [1.54, 1.807) is 52.0 Å². The number of rotatable bonds is 2. The van der Waals surface area contributed by atoms with Crippen molar-refractivity contribution in [2.45, 2.75) is 57.1 Å². The van der Waals surface area contributed by atoms with E-state index in [0.717, 1.165) is 10.5 Å². The number of nitrogens with zero attached hydrogens (tertiary/aromatic N) is 1. The molecule has 2 aliphatic rings. The van der Waals surface area contributed by atoms with Crippen LogP contribution in [-0.2, 0) is 19.7 Å². The molecule has 8 heteroatoms. The number of imide groups is 1. The smallest absolute Gasteiger partial charge is 0.421 e. The van der Waals surface area contributed by atoms with Gasteiger partial charge in [0.2, 0.25) is 11.8 Å². The maximum Gasteiger partial charge on any atom is 0.421 e. The molecule has 1 saturated heterocycles. The zero-order valence-electron chi connectivity index (χ0n) is 19.4. The molecule has 2 aromatic rings. The van der Waals surface area contributed by atoms with E-state index in [-0.39, 0.29) is 12.3 Å². The molecular formula is C26H26BrClN2O4. The van der Waals surface area contributed by atoms with Gasteiger partial charge in [-0.25, -0.2) is 9.69 Å². The first-order valence-corrected chi connectivity index (χ1v) is 12.1. The van der Waals surface area contributed by atoms with Crippen molar-refractivity contribution < 1.29 is 19.1 Å². The van der Waals surface area contributed by atoms with Crippen LogP contribution in [0.1, 0.15) is 51.2 Å². The number of amides is 3. The Labute approximate surface area is 212 Å². The van der Waals surface area contributed by atoms with E-state index in [1.807, 2.05) is 18.2 Å². The predicted molar refractivity (Wildman–Crippen MR) is 135 cm³/mol. The summed E-state index contributed by atoms with van der Waals surface area (Å²) >= 11 is 9.77. The van der Waals surface area contributed by atoms with Crippen molar-refractivity contribution in [3.8, 4) is 0 Å². The lowest BCUT2D eigenvalue weighted by molar-refractivity contribution is -0.131. The minimum Gasteiger partial charge on any atom is -0.443 e. The van der Waals surface area contributed by atoms with Gasteiger partial charge in [-0.15, -0.1) is 0 Å². The van der Waals surface area contributed by atoms with Crippen LogP contribution in [0.2, 0.25) is 5.02 Å². The number of carbonyl (C=O) groups excluding carboxylic acids is 3. The third-order valence-corrected chi connectivity index (χ3v) is 6.95. The average molecular weight is 546 g/mol. The van der Waals surface area contributed by atoms with Crippen LogP contribution >= 0.6 is 27.5 Å². The lowest BCUT2D eigenvalue weighted by atomic mass is 9.59. The summed E-state index contributed by atoms with van der Waals surface area (Å²) in [6.45, 7) is 11.1. The van der Waals surface area contributed by atoms with Crippen molar-refractivity contribution in [1.82, 2.24) is 5.32 Å². The van der Waals surface area contributed by atoms with Crippen molar-refractivity contribution in [2.75, 3.05) is 4.90 Å². The number of piperidine rings is 1. The molecule has 3 unspecified atom stereocenters. The highest BCUT2D eigenvalue weighted by atomic mass is 79.9. The highest BCUT2D eigenvalue weighted by molar-refractivity contribution is 9.10. The fourth-order valence-electron chi connectivity index (χ4n) is 5.05. The van der Waals surface area contributed by atoms with Crippen LogP contribution in [0.4, 0.5) is 10.5 Å². The Morgan fingerprint density at radius 1 is 1.24 bits per heavy atom. The number of hydrogen-bond acceptors (Lipinski definition) is 4. The number of hydrogen-bond donors (Lipinski definition) is 1. The first-order chi connectivity index (χ1) is 15.9. The van der Waals surface area contributed by atoms with Crippen molar-refractivity contribution in [3.05, 3.63) is 75.2 Å². The van der Waals surface area contributed by atoms with Gasteiger partial charge in [-0.05, 0) is 63.1 Å². The van der Waals surface area contributed by atoms with Crippen LogP contribution in [0.3, 0.4) is 0 Å². The van der Waals surface area contributed by atoms with E-state index in [2.05, 4.69) is 27.8 Å². The molecule has 2 aromatic carbocycles. The van der Waals surface area contributed by atoms with Crippen LogP contribution in [-0.4, -0.2) is 29.6 Å². The number of halogens is 2. The minimum atomic E-state index is -1.31. The summed E-state index contributed by atoms with van der Waals surface area (Å²) in [5.74, 6) is -1.25. The lowest BCUT2D eigenvalue weighted by Crippen LogP contribution is -2.63. The Morgan fingerprint density at radius 3 is 2.56 bits per heavy atom. The predicted octanol–water partition coefficient (Wildman–Crippen LogP) is 5.87. The Kier molecular flexibility index (Phi) is 6.15. The maximum atomic E-state index is 14.5. The summed E-state index contributed by atoms with van der Waals surface area (Å²) in [6.07, 6.45) is -0.719. The number of nitrogens with one attached hydrogen (secondary N) is 1. The van der Waals surface area contributed by atoms with Gasteiger partial charge >= 0.3 is 6.09 Å². The fraction of sp³-hybridized carbons (Fsp3) is 0.346. The van der Waals surface area contributed by atoms with Crippen molar-refractivity contribution in [1.29, 1.82) is 0 Å². The van der Waals surface area contributed by atoms with Crippen LogP contribution in [0, 0.1) is 0 Å². The molecule has 3 amide bonds. The topological polar surface area (TPSA) is 75.7 Å². The second kappa shape index (κ2) is 8.54. The van der Waals surface area contributed by atoms with Crippen LogP contribution in [0.5, 0.6) is 0 Å². The van der Waals surface area contributed by atoms with Gasteiger partial charge in [0.1, 0.15) is 11.0 Å². The monoisotopic (exact) mass is 544 g/mol. The summed E-state index contributed by atoms with van der Waals surface area (Å²) in [7, 11) is 0. The van der Waals surface area contributed by atoms with Crippen molar-refractivity contribution in [3.63, 3.8) is 0 Å². The van der Waals surface area contributed by atoms with Gasteiger partial charge in [0.15, 0.2) is 0 Å². The third kappa shape index (κ3) is 3.95. The molecule has 1 spiro atoms. The Bertz CT molecular complexity index is 1220. The van der Waals surface area contributed by atoms with E-state index < -0.39 is 35.0 Å². The van der Waals surface area contributed by atoms with Crippen molar-refractivity contribution >= 4 is 51.1 Å². The molecule has 0 radical (unpaired) electrons. The quantitative estimate of drug-likeness (QED) is 0.479. The molecule has 2 heterocycles. The van der Waals surface area contributed by atoms with Gasteiger partial charge in [-0.2, -0.15) is 0 Å². The molecule has 0 saturated carbocycles. The van der Waals surface area contributed by atoms with Crippen LogP contribution in [0.15, 0.2) is 59.1 Å². The highest BCUT2D eigenvalue weighted by Gasteiger charge is 2.64. The number of benzene rings is 2. The average Bonchev–Trinajstić information content (AvgIpc) is 2.96. The van der Waals surface area contributed by atoms with Crippen molar-refractivity contribution in [2.24, 2.45) is 0 Å². The summed E-state index contributed by atoms with van der Waals surface area (Å²) in [5, 5.41) is 3.47. The van der Waals surface area contributed by atoms with Gasteiger partial charge < -0.3 is 10.1 Å². The Hall–Kier alpha value is -2.64. The van der Waals surface area contributed by atoms with Gasteiger partial charge in [0, 0.05) is 21.8 Å². The lowest BCUT2D eigenvalue weighted by Gasteiger charge is -2.46. The van der Waals surface area contributed by atoms with E-state index in [4.69, 9.17) is 16.3 Å². The molecule has 1 N–H and O–H groups in total. The molecule has 178 valence electrons. The molecule has 2 aliphatic heterocycles. The van der Waals surface area contributed by atoms with Crippen LogP contribution < -0.4 is 10.2 Å². The zero-order valence-corrected chi connectivity index (χ0v) is 21.8. The molecule has 0 aliphatic carbocycles. The van der Waals surface area contributed by atoms with Crippen LogP contribution in [0.25, 0.3) is 0 Å². The highest BCUT2D eigenvalue weighted by Crippen LogP contribution is 2.56. The van der Waals surface area contributed by atoms with Gasteiger partial charge in [0.05, 0.1) is 11.7 Å². The number of carbonyl (C=O) groups is 3. The van der Waals surface area contributed by atoms with E-state index >= 15 is 0 Å². The zero-order chi connectivity index (χ0) is 25.0. The first kappa shape index (κ1) is 24.5. The van der Waals surface area contributed by atoms with Gasteiger partial charge in [0.25, 0.3) is 0 Å². The molecular weight excluding hydrogens is 520 g/mol. The second-order valence-electron chi connectivity index (χ2n) is 9.81. The Balaban J connectivity index is 2.02. The summed E-state index contributed by atoms with van der Waals surface area (Å²) in [4.78, 5) is 41.7. The normalized spacial score (nSPS) is 24.1. The first-order valence-electron chi connectivity index (χ1n) is 10.9. The number of fused-ring (bicyclic) bond motifs is 2. The third-order valence-electron chi connectivity index (χ3n) is 6.22. The minimum absolute atomic E-state index is 0.0491. The molecule has 4 rings (SSSR count). The number of anilines is 1. The maximum absolute atomic E-state index is 14.5. The molecule has 3 atom stereocenters. The van der Waals surface area contributed by atoms with E-state index in [9.17, 15) is 14.4 Å². The van der Waals surface area contributed by atoms with E-state index in [0.29, 0.717) is 26.3 Å². The Morgan fingerprint density at radius 2 is 1.94 bits per heavy atom. The second-order valence-corrected chi connectivity index (χ2v) is 11.2. The number of ether oxygens (including phenoxy) is 1. The standard InChI is InChI=1S/C26H26BrClN2O4/c1-14(2)22-26(19(13-21(31)29-22)15-7-6-8-17(28)11-15)18-10-9-16(27)12-20(18)30(23(26)32)24(33)34-25(3,4)5/h6-12,19,22H,1,13H2,2-5H3,(H,29,31). The van der Waals surface area contributed by atoms with Gasteiger partial charge in [-0.1, -0.05) is 57.9 Å². The molecule has 34 heavy (non-hydrogen) atoms. The summed E-state index contributed by atoms with van der Waals surface area (Å²) in [5.41, 5.74) is 0.278. The largest absolute Gasteiger partial charge is 0.443 e. The summed E-state index contributed by atoms with van der Waals surface area (Å²) < 4.78 is 6.32. The van der Waals surface area contributed by atoms with E-state index in [1.165, 1.54) is 0 Å².